The zero-order valence-electron chi connectivity index (χ0n) is 10.8. The van der Waals surface area contributed by atoms with E-state index in [1.165, 1.54) is 27.1 Å². The summed E-state index contributed by atoms with van der Waals surface area (Å²) >= 11 is 0. The molecule has 0 spiro atoms. The van der Waals surface area contributed by atoms with Gasteiger partial charge in [-0.15, -0.1) is 6.58 Å². The van der Waals surface area contributed by atoms with Gasteiger partial charge in [-0.3, -0.25) is 19.4 Å². The molecule has 1 aliphatic heterocycles. The highest BCUT2D eigenvalue weighted by atomic mass is 16.3. The number of aliphatic hydroxyl groups is 1. The molecular formula is C12H18N2O4. The molecule has 0 saturated carbocycles. The average Bonchev–Trinajstić information content (AvgIpc) is 2.31. The van der Waals surface area contributed by atoms with Gasteiger partial charge in [0.2, 0.25) is 11.8 Å². The number of hydrogen-bond donors (Lipinski definition) is 1. The minimum absolute atomic E-state index is 0.0291. The first-order valence-electron chi connectivity index (χ1n) is 5.67. The summed E-state index contributed by atoms with van der Waals surface area (Å²) in [6.45, 7) is 5.04. The fourth-order valence-corrected chi connectivity index (χ4v) is 2.32. The van der Waals surface area contributed by atoms with Crippen molar-refractivity contribution in [1.29, 1.82) is 0 Å². The van der Waals surface area contributed by atoms with Gasteiger partial charge in [0.25, 0.3) is 0 Å². The zero-order chi connectivity index (χ0) is 14.1. The second kappa shape index (κ2) is 4.89. The quantitative estimate of drug-likeness (QED) is 0.581. The lowest BCUT2D eigenvalue weighted by Crippen LogP contribution is -2.63. The van der Waals surface area contributed by atoms with Gasteiger partial charge in [0.1, 0.15) is 5.41 Å². The summed E-state index contributed by atoms with van der Waals surface area (Å²) in [7, 11) is 2.65. The van der Waals surface area contributed by atoms with Crippen molar-refractivity contribution in [3.8, 4) is 0 Å². The number of carbonyl (C=O) groups is 3. The number of rotatable bonds is 4. The Morgan fingerprint density at radius 3 is 2.06 bits per heavy atom. The van der Waals surface area contributed by atoms with Crippen molar-refractivity contribution >= 4 is 17.8 Å². The van der Waals surface area contributed by atoms with Crippen LogP contribution in [0, 0.1) is 5.41 Å². The van der Waals surface area contributed by atoms with E-state index in [-0.39, 0.29) is 12.8 Å². The van der Waals surface area contributed by atoms with E-state index in [0.717, 1.165) is 9.80 Å². The summed E-state index contributed by atoms with van der Waals surface area (Å²) in [5, 5.41) is 9.51. The number of imide groups is 2. The Morgan fingerprint density at radius 2 is 1.72 bits per heavy atom. The molecule has 6 nitrogen and oxygen atoms in total. The third-order valence-electron chi connectivity index (χ3n) is 3.14. The van der Waals surface area contributed by atoms with E-state index in [2.05, 4.69) is 6.58 Å². The Morgan fingerprint density at radius 1 is 1.28 bits per heavy atom. The van der Waals surface area contributed by atoms with Gasteiger partial charge in [-0.1, -0.05) is 6.08 Å². The molecule has 1 aliphatic rings. The first-order valence-corrected chi connectivity index (χ1v) is 5.67. The summed E-state index contributed by atoms with van der Waals surface area (Å²) in [6.07, 6.45) is 0.694. The largest absolute Gasteiger partial charge is 0.393 e. The smallest absolute Gasteiger partial charge is 0.332 e. The highest BCUT2D eigenvalue weighted by Gasteiger charge is 2.54. The van der Waals surface area contributed by atoms with Crippen LogP contribution in [-0.4, -0.2) is 53.0 Å². The van der Waals surface area contributed by atoms with Crippen LogP contribution in [0.2, 0.25) is 0 Å². The normalized spacial score (nSPS) is 21.2. The summed E-state index contributed by atoms with van der Waals surface area (Å²) in [5.74, 6) is -1.17. The second-order valence-electron chi connectivity index (χ2n) is 4.64. The van der Waals surface area contributed by atoms with Crippen LogP contribution in [0.1, 0.15) is 19.8 Å². The van der Waals surface area contributed by atoms with Gasteiger partial charge >= 0.3 is 6.03 Å². The number of barbiturate groups is 1. The molecule has 0 aliphatic carbocycles. The van der Waals surface area contributed by atoms with E-state index in [1.54, 1.807) is 0 Å². The summed E-state index contributed by atoms with van der Waals surface area (Å²) in [4.78, 5) is 37.9. The number of carbonyl (C=O) groups excluding carboxylic acids is 3. The van der Waals surface area contributed by atoms with Gasteiger partial charge < -0.3 is 5.11 Å². The van der Waals surface area contributed by atoms with Crippen LogP contribution in [-0.2, 0) is 9.59 Å². The number of urea groups is 1. The molecule has 0 aromatic heterocycles. The lowest BCUT2D eigenvalue weighted by atomic mass is 9.75. The molecule has 4 amide bonds. The molecule has 1 atom stereocenters. The lowest BCUT2D eigenvalue weighted by Gasteiger charge is -2.41. The minimum Gasteiger partial charge on any atom is -0.393 e. The Hall–Kier alpha value is -1.69. The molecule has 100 valence electrons. The van der Waals surface area contributed by atoms with Crippen LogP contribution in [0.4, 0.5) is 4.79 Å². The average molecular weight is 254 g/mol. The molecule has 0 aromatic carbocycles. The number of hydrogen-bond acceptors (Lipinski definition) is 4. The van der Waals surface area contributed by atoms with Crippen LogP contribution in [0.15, 0.2) is 12.7 Å². The predicted molar refractivity (Wildman–Crippen MR) is 64.5 cm³/mol. The Bertz CT molecular complexity index is 379. The molecule has 1 saturated heterocycles. The molecule has 6 heteroatoms. The zero-order valence-corrected chi connectivity index (χ0v) is 10.8. The van der Waals surface area contributed by atoms with E-state index in [1.807, 2.05) is 0 Å². The summed E-state index contributed by atoms with van der Waals surface area (Å²) in [6, 6.07) is -0.657. The molecule has 0 aromatic rings. The molecule has 18 heavy (non-hydrogen) atoms. The topological polar surface area (TPSA) is 77.9 Å². The van der Waals surface area contributed by atoms with Gasteiger partial charge in [0.05, 0.1) is 6.10 Å². The third kappa shape index (κ3) is 2.03. The Labute approximate surface area is 106 Å². The molecule has 0 radical (unpaired) electrons. The van der Waals surface area contributed by atoms with Gasteiger partial charge in [0, 0.05) is 14.1 Å². The molecule has 0 bridgehead atoms. The molecule has 1 fully saturated rings. The van der Waals surface area contributed by atoms with Crippen LogP contribution in [0.3, 0.4) is 0 Å². The van der Waals surface area contributed by atoms with Crippen molar-refractivity contribution in [3.05, 3.63) is 12.7 Å². The highest BCUT2D eigenvalue weighted by Crippen LogP contribution is 2.36. The van der Waals surface area contributed by atoms with Gasteiger partial charge in [-0.25, -0.2) is 4.79 Å². The number of aliphatic hydroxyl groups excluding tert-OH is 1. The standard InChI is InChI=1S/C12H18N2O4/c1-5-6-12(7-8(2)15)9(16)13(3)11(18)14(4)10(12)17/h5,8,15H,1,6-7H2,2-4H3. The van der Waals surface area contributed by atoms with Crippen LogP contribution in [0.25, 0.3) is 0 Å². The van der Waals surface area contributed by atoms with Crippen molar-refractivity contribution in [1.82, 2.24) is 9.80 Å². The maximum Gasteiger partial charge on any atom is 0.332 e. The Balaban J connectivity index is 3.28. The molecule has 1 unspecified atom stereocenters. The number of allylic oxidation sites excluding steroid dienone is 1. The maximum atomic E-state index is 12.2. The molecule has 1 heterocycles. The van der Waals surface area contributed by atoms with Crippen molar-refractivity contribution in [2.24, 2.45) is 5.41 Å². The van der Waals surface area contributed by atoms with Crippen LogP contribution < -0.4 is 0 Å². The van der Waals surface area contributed by atoms with E-state index in [9.17, 15) is 19.5 Å². The van der Waals surface area contributed by atoms with E-state index in [0.29, 0.717) is 0 Å². The fourth-order valence-electron chi connectivity index (χ4n) is 2.32. The third-order valence-corrected chi connectivity index (χ3v) is 3.14. The fraction of sp³-hybridized carbons (Fsp3) is 0.583. The highest BCUT2D eigenvalue weighted by molar-refractivity contribution is 6.18. The predicted octanol–water partition coefficient (Wildman–Crippen LogP) is 0.370. The van der Waals surface area contributed by atoms with Crippen LogP contribution in [0.5, 0.6) is 0 Å². The van der Waals surface area contributed by atoms with Crippen LogP contribution >= 0.6 is 0 Å². The van der Waals surface area contributed by atoms with Crippen molar-refractivity contribution in [2.75, 3.05) is 14.1 Å². The van der Waals surface area contributed by atoms with E-state index in [4.69, 9.17) is 0 Å². The lowest BCUT2D eigenvalue weighted by molar-refractivity contribution is -0.159. The van der Waals surface area contributed by atoms with Crippen molar-refractivity contribution in [2.45, 2.75) is 25.9 Å². The van der Waals surface area contributed by atoms with E-state index >= 15 is 0 Å². The maximum absolute atomic E-state index is 12.2. The molecule has 1 rings (SSSR count). The van der Waals surface area contributed by atoms with Crippen molar-refractivity contribution in [3.63, 3.8) is 0 Å². The molecular weight excluding hydrogens is 236 g/mol. The number of nitrogens with zero attached hydrogens (tertiary/aromatic N) is 2. The van der Waals surface area contributed by atoms with Gasteiger partial charge in [-0.2, -0.15) is 0 Å². The van der Waals surface area contributed by atoms with Crippen molar-refractivity contribution < 1.29 is 19.5 Å². The summed E-state index contributed by atoms with van der Waals surface area (Å²) in [5.41, 5.74) is -1.42. The summed E-state index contributed by atoms with van der Waals surface area (Å²) < 4.78 is 0. The first-order chi connectivity index (χ1) is 8.27. The monoisotopic (exact) mass is 254 g/mol. The van der Waals surface area contributed by atoms with Gasteiger partial charge in [-0.05, 0) is 19.8 Å². The number of amides is 4. The molecule has 1 N–H and O–H groups in total. The Kier molecular flexibility index (Phi) is 3.91. The SMILES string of the molecule is C=CCC1(CC(C)O)C(=O)N(C)C(=O)N(C)C1=O. The first kappa shape index (κ1) is 14.4. The second-order valence-corrected chi connectivity index (χ2v) is 4.64. The van der Waals surface area contributed by atoms with E-state index < -0.39 is 29.4 Å². The minimum atomic E-state index is -1.42. The van der Waals surface area contributed by atoms with Gasteiger partial charge in [0.15, 0.2) is 0 Å².